The van der Waals surface area contributed by atoms with Crippen molar-refractivity contribution in [1.29, 1.82) is 0 Å². The van der Waals surface area contributed by atoms with Crippen LogP contribution in [-0.4, -0.2) is 34.0 Å². The van der Waals surface area contributed by atoms with Gasteiger partial charge in [0.25, 0.3) is 0 Å². The van der Waals surface area contributed by atoms with Crippen molar-refractivity contribution in [3.63, 3.8) is 0 Å². The number of nitrogens with zero attached hydrogens (tertiary/aromatic N) is 1. The van der Waals surface area contributed by atoms with Crippen molar-refractivity contribution in [3.8, 4) is 0 Å². The van der Waals surface area contributed by atoms with Gasteiger partial charge in [0.2, 0.25) is 5.95 Å². The van der Waals surface area contributed by atoms with E-state index in [-0.39, 0.29) is 29.4 Å². The number of ketones is 1. The average Bonchev–Trinajstić information content (AvgIpc) is 2.99. The smallest absolute Gasteiger partial charge is 0.201 e. The molecule has 1 heterocycles. The minimum absolute atomic E-state index is 0. The van der Waals surface area contributed by atoms with E-state index in [1.54, 1.807) is 0 Å². The molecule has 0 fully saturated rings. The van der Waals surface area contributed by atoms with Crippen molar-refractivity contribution in [2.75, 3.05) is 18.5 Å². The summed E-state index contributed by atoms with van der Waals surface area (Å²) in [5.41, 5.74) is 4.47. The Bertz CT molecular complexity index is 844. The maximum atomic E-state index is 12.5. The van der Waals surface area contributed by atoms with E-state index in [4.69, 9.17) is 5.11 Å². The first-order valence-corrected chi connectivity index (χ1v) is 8.09. The summed E-state index contributed by atoms with van der Waals surface area (Å²) in [6.45, 7) is 2.79. The number of aromatic amines is 1. The van der Waals surface area contributed by atoms with Crippen LogP contribution in [-0.2, 0) is 6.42 Å². The Kier molecular flexibility index (Phi) is 6.73. The lowest BCUT2D eigenvalue weighted by Gasteiger charge is -2.03. The highest BCUT2D eigenvalue weighted by Crippen LogP contribution is 2.20. The summed E-state index contributed by atoms with van der Waals surface area (Å²) < 4.78 is 0. The summed E-state index contributed by atoms with van der Waals surface area (Å²) in [7, 11) is 0. The highest BCUT2D eigenvalue weighted by atomic mass is 79.9. The first-order valence-electron chi connectivity index (χ1n) is 8.09. The minimum Gasteiger partial charge on any atom is -0.396 e. The number of H-pyrrole nitrogens is 1. The summed E-state index contributed by atoms with van der Waals surface area (Å²) in [4.78, 5) is 20.3. The van der Waals surface area contributed by atoms with E-state index in [1.165, 1.54) is 0 Å². The first-order chi connectivity index (χ1) is 11.7. The summed E-state index contributed by atoms with van der Waals surface area (Å²) in [6.07, 6.45) is 0.983. The lowest BCUT2D eigenvalue weighted by molar-refractivity contribution is 0.0993. The van der Waals surface area contributed by atoms with Crippen LogP contribution in [0.2, 0.25) is 0 Å². The first kappa shape index (κ1) is 19.1. The van der Waals surface area contributed by atoms with Gasteiger partial charge in [0.1, 0.15) is 0 Å². The molecule has 0 spiro atoms. The summed E-state index contributed by atoms with van der Waals surface area (Å²) in [5, 5.41) is 12.0. The van der Waals surface area contributed by atoms with Gasteiger partial charge in [0.05, 0.1) is 11.0 Å². The van der Waals surface area contributed by atoms with E-state index < -0.39 is 0 Å². The number of fused-ring (bicyclic) bond motifs is 1. The van der Waals surface area contributed by atoms with Crippen molar-refractivity contribution in [2.24, 2.45) is 0 Å². The fourth-order valence-corrected chi connectivity index (χ4v) is 2.62. The standard InChI is InChI=1S/C19H21N3O2.BrH/c1-13-6-8-14(9-7-13)17(24)12-15-4-2-5-16-18(15)22-19(21-16)20-10-3-11-23;/h2,4-9,23H,3,10-12H2,1H3,(H2,20,21,22);1H. The average molecular weight is 404 g/mol. The number of anilines is 1. The highest BCUT2D eigenvalue weighted by Gasteiger charge is 2.12. The van der Waals surface area contributed by atoms with Gasteiger partial charge in [-0.1, -0.05) is 42.0 Å². The molecule has 2 aromatic carbocycles. The molecule has 0 bridgehead atoms. The molecule has 3 aromatic rings. The van der Waals surface area contributed by atoms with Crippen molar-refractivity contribution < 1.29 is 9.90 Å². The third-order valence-electron chi connectivity index (χ3n) is 3.95. The third kappa shape index (κ3) is 4.67. The normalized spacial score (nSPS) is 10.5. The predicted octanol–water partition coefficient (Wildman–Crippen LogP) is 3.67. The minimum atomic E-state index is 0. The van der Waals surface area contributed by atoms with Gasteiger partial charge in [-0.2, -0.15) is 0 Å². The van der Waals surface area contributed by atoms with Crippen molar-refractivity contribution in [3.05, 3.63) is 59.2 Å². The van der Waals surface area contributed by atoms with Gasteiger partial charge in [0.15, 0.2) is 5.78 Å². The quantitative estimate of drug-likeness (QED) is 0.415. The maximum Gasteiger partial charge on any atom is 0.201 e. The molecule has 0 aliphatic rings. The fourth-order valence-electron chi connectivity index (χ4n) is 2.62. The number of aliphatic hydroxyl groups is 1. The topological polar surface area (TPSA) is 78.0 Å². The maximum absolute atomic E-state index is 12.5. The number of aromatic nitrogens is 2. The fraction of sp³-hybridized carbons (Fsp3) is 0.263. The van der Waals surface area contributed by atoms with E-state index in [9.17, 15) is 4.79 Å². The molecule has 1 aromatic heterocycles. The Morgan fingerprint density at radius 2 is 1.96 bits per heavy atom. The molecular formula is C19H22BrN3O2. The number of carbonyl (C=O) groups excluding carboxylic acids is 1. The zero-order chi connectivity index (χ0) is 16.9. The van der Waals surface area contributed by atoms with Crippen LogP contribution in [0.1, 0.15) is 27.9 Å². The Morgan fingerprint density at radius 1 is 1.20 bits per heavy atom. The Morgan fingerprint density at radius 3 is 2.68 bits per heavy atom. The van der Waals surface area contributed by atoms with Crippen LogP contribution < -0.4 is 5.32 Å². The molecule has 0 saturated carbocycles. The van der Waals surface area contributed by atoms with Crippen LogP contribution >= 0.6 is 17.0 Å². The Labute approximate surface area is 157 Å². The van der Waals surface area contributed by atoms with E-state index in [0.29, 0.717) is 25.3 Å². The molecule has 3 rings (SSSR count). The van der Waals surface area contributed by atoms with Gasteiger partial charge >= 0.3 is 0 Å². The summed E-state index contributed by atoms with van der Waals surface area (Å²) >= 11 is 0. The van der Waals surface area contributed by atoms with E-state index in [0.717, 1.165) is 27.7 Å². The van der Waals surface area contributed by atoms with Gasteiger partial charge in [-0.25, -0.2) is 4.98 Å². The SMILES string of the molecule is Br.Cc1ccc(C(=O)Cc2cccc3[nH]c(NCCCO)nc23)cc1. The number of carbonyl (C=O) groups is 1. The predicted molar refractivity (Wildman–Crippen MR) is 106 cm³/mol. The monoisotopic (exact) mass is 403 g/mol. The van der Waals surface area contributed by atoms with Crippen LogP contribution in [0.25, 0.3) is 11.0 Å². The second-order valence-electron chi connectivity index (χ2n) is 5.87. The van der Waals surface area contributed by atoms with Gasteiger partial charge in [-0.15, -0.1) is 17.0 Å². The molecule has 0 saturated heterocycles. The van der Waals surface area contributed by atoms with Crippen LogP contribution in [0.5, 0.6) is 0 Å². The third-order valence-corrected chi connectivity index (χ3v) is 3.95. The molecule has 3 N–H and O–H groups in total. The molecule has 6 heteroatoms. The lowest BCUT2D eigenvalue weighted by Crippen LogP contribution is -2.05. The highest BCUT2D eigenvalue weighted by molar-refractivity contribution is 8.93. The summed E-state index contributed by atoms with van der Waals surface area (Å²) in [5.74, 6) is 0.744. The van der Waals surface area contributed by atoms with E-state index >= 15 is 0 Å². The number of hydrogen-bond donors (Lipinski definition) is 3. The molecular weight excluding hydrogens is 382 g/mol. The molecule has 0 aliphatic heterocycles. The number of benzene rings is 2. The van der Waals surface area contributed by atoms with Gasteiger partial charge in [0, 0.05) is 25.1 Å². The van der Waals surface area contributed by atoms with Gasteiger partial charge < -0.3 is 15.4 Å². The molecule has 0 amide bonds. The van der Waals surface area contributed by atoms with E-state index in [1.807, 2.05) is 49.4 Å². The Hall–Kier alpha value is -2.18. The molecule has 0 radical (unpaired) electrons. The number of imidazole rings is 1. The van der Waals surface area contributed by atoms with E-state index in [2.05, 4.69) is 15.3 Å². The van der Waals surface area contributed by atoms with Gasteiger partial charge in [-0.3, -0.25) is 4.79 Å². The Balaban J connectivity index is 0.00000225. The molecule has 5 nitrogen and oxygen atoms in total. The van der Waals surface area contributed by atoms with Crippen molar-refractivity contribution in [1.82, 2.24) is 9.97 Å². The van der Waals surface area contributed by atoms with Crippen LogP contribution in [0.3, 0.4) is 0 Å². The van der Waals surface area contributed by atoms with Crippen LogP contribution in [0, 0.1) is 6.92 Å². The molecule has 0 aliphatic carbocycles. The number of rotatable bonds is 7. The number of halogens is 1. The van der Waals surface area contributed by atoms with Crippen molar-refractivity contribution in [2.45, 2.75) is 19.8 Å². The van der Waals surface area contributed by atoms with Crippen LogP contribution in [0.15, 0.2) is 42.5 Å². The zero-order valence-electron chi connectivity index (χ0n) is 14.1. The lowest BCUT2D eigenvalue weighted by atomic mass is 10.0. The molecule has 25 heavy (non-hydrogen) atoms. The molecule has 0 unspecified atom stereocenters. The number of hydrogen-bond acceptors (Lipinski definition) is 4. The number of para-hydroxylation sites is 1. The second-order valence-corrected chi connectivity index (χ2v) is 5.87. The number of Topliss-reactive ketones (excluding diaryl/α,β-unsaturated/α-hetero) is 1. The second kappa shape index (κ2) is 8.78. The molecule has 0 atom stereocenters. The molecule has 132 valence electrons. The number of aryl methyl sites for hydroxylation is 1. The number of aliphatic hydroxyl groups excluding tert-OH is 1. The van der Waals surface area contributed by atoms with Gasteiger partial charge in [-0.05, 0) is 25.0 Å². The van der Waals surface area contributed by atoms with Crippen molar-refractivity contribution >= 4 is 39.7 Å². The van der Waals surface area contributed by atoms with Crippen LogP contribution in [0.4, 0.5) is 5.95 Å². The zero-order valence-corrected chi connectivity index (χ0v) is 15.8. The summed E-state index contributed by atoms with van der Waals surface area (Å²) in [6, 6.07) is 13.4. The number of nitrogens with one attached hydrogen (secondary N) is 2. The largest absolute Gasteiger partial charge is 0.396 e.